The van der Waals surface area contributed by atoms with Gasteiger partial charge in [-0.2, -0.15) is 0 Å². The van der Waals surface area contributed by atoms with Crippen LogP contribution in [0.5, 0.6) is 0 Å². The van der Waals surface area contributed by atoms with Crippen molar-refractivity contribution in [2.45, 2.75) is 33.1 Å². The molecule has 0 aliphatic rings. The van der Waals surface area contributed by atoms with Crippen molar-refractivity contribution < 1.29 is 9.53 Å². The van der Waals surface area contributed by atoms with Crippen molar-refractivity contribution in [2.24, 2.45) is 5.84 Å². The van der Waals surface area contributed by atoms with E-state index < -0.39 is 6.09 Å². The van der Waals surface area contributed by atoms with Gasteiger partial charge in [0.15, 0.2) is 0 Å². The average molecular weight is 174 g/mol. The van der Waals surface area contributed by atoms with Crippen LogP contribution in [0.4, 0.5) is 4.79 Å². The van der Waals surface area contributed by atoms with E-state index in [-0.39, 0.29) is 0 Å². The minimum absolute atomic E-state index is 0.426. The van der Waals surface area contributed by atoms with Gasteiger partial charge in [0.1, 0.15) is 0 Å². The van der Waals surface area contributed by atoms with E-state index in [2.05, 4.69) is 0 Å². The largest absolute Gasteiger partial charge is 0.448 e. The van der Waals surface area contributed by atoms with E-state index in [0.29, 0.717) is 13.2 Å². The van der Waals surface area contributed by atoms with Crippen LogP contribution in [-0.4, -0.2) is 24.3 Å². The van der Waals surface area contributed by atoms with Crippen LogP contribution in [0.3, 0.4) is 0 Å². The molecule has 72 valence electrons. The van der Waals surface area contributed by atoms with E-state index in [4.69, 9.17) is 10.6 Å². The van der Waals surface area contributed by atoms with E-state index in [1.54, 1.807) is 0 Å². The molecule has 0 aromatic carbocycles. The first-order valence-corrected chi connectivity index (χ1v) is 4.41. The van der Waals surface area contributed by atoms with Gasteiger partial charge in [0.2, 0.25) is 0 Å². The van der Waals surface area contributed by atoms with Gasteiger partial charge in [-0.25, -0.2) is 15.6 Å². The number of amides is 1. The SMILES string of the molecule is CCCCN(N)C(=O)OCCC. The van der Waals surface area contributed by atoms with Gasteiger partial charge in [0.25, 0.3) is 0 Å². The number of hydrogen-bond donors (Lipinski definition) is 1. The molecule has 12 heavy (non-hydrogen) atoms. The van der Waals surface area contributed by atoms with Crippen molar-refractivity contribution in [1.82, 2.24) is 5.01 Å². The molecule has 0 radical (unpaired) electrons. The maximum atomic E-state index is 11.0. The van der Waals surface area contributed by atoms with Crippen LogP contribution in [0.2, 0.25) is 0 Å². The lowest BCUT2D eigenvalue weighted by atomic mass is 10.3. The van der Waals surface area contributed by atoms with E-state index >= 15 is 0 Å². The Kier molecular flexibility index (Phi) is 6.47. The summed E-state index contributed by atoms with van der Waals surface area (Å²) in [5, 5.41) is 1.12. The molecular formula is C8H18N2O2. The van der Waals surface area contributed by atoms with Gasteiger partial charge in [-0.3, -0.25) is 0 Å². The molecule has 0 saturated carbocycles. The molecule has 0 rings (SSSR count). The maximum Gasteiger partial charge on any atom is 0.424 e. The standard InChI is InChI=1S/C8H18N2O2/c1-3-5-6-10(9)8(11)12-7-4-2/h3-7,9H2,1-2H3. The minimum Gasteiger partial charge on any atom is -0.448 e. The summed E-state index contributed by atoms with van der Waals surface area (Å²) in [6.07, 6.45) is 2.34. The molecule has 4 heteroatoms. The molecule has 0 aromatic heterocycles. The number of nitrogens with zero attached hydrogens (tertiary/aromatic N) is 1. The second-order valence-electron chi connectivity index (χ2n) is 2.66. The fourth-order valence-electron chi connectivity index (χ4n) is 0.692. The lowest BCUT2D eigenvalue weighted by molar-refractivity contribution is 0.102. The molecule has 0 aliphatic carbocycles. The highest BCUT2D eigenvalue weighted by atomic mass is 16.6. The molecule has 2 N–H and O–H groups in total. The first-order chi connectivity index (χ1) is 5.72. The quantitative estimate of drug-likeness (QED) is 0.390. The molecule has 0 saturated heterocycles. The fraction of sp³-hybridized carbons (Fsp3) is 0.875. The summed E-state index contributed by atoms with van der Waals surface area (Å²) in [5.74, 6) is 5.40. The van der Waals surface area contributed by atoms with Gasteiger partial charge >= 0.3 is 6.09 Å². The van der Waals surface area contributed by atoms with Crippen molar-refractivity contribution in [1.29, 1.82) is 0 Å². The second kappa shape index (κ2) is 6.91. The van der Waals surface area contributed by atoms with Crippen LogP contribution in [-0.2, 0) is 4.74 Å². The normalized spacial score (nSPS) is 9.58. The van der Waals surface area contributed by atoms with Gasteiger partial charge in [0, 0.05) is 6.54 Å². The van der Waals surface area contributed by atoms with Crippen molar-refractivity contribution in [2.75, 3.05) is 13.2 Å². The van der Waals surface area contributed by atoms with Gasteiger partial charge in [-0.05, 0) is 12.8 Å². The van der Waals surface area contributed by atoms with Crippen LogP contribution in [0.1, 0.15) is 33.1 Å². The van der Waals surface area contributed by atoms with Crippen molar-refractivity contribution >= 4 is 6.09 Å². The molecule has 0 fully saturated rings. The summed E-state index contributed by atoms with van der Waals surface area (Å²) >= 11 is 0. The molecular weight excluding hydrogens is 156 g/mol. The van der Waals surface area contributed by atoms with Gasteiger partial charge in [-0.1, -0.05) is 20.3 Å². The smallest absolute Gasteiger partial charge is 0.424 e. The van der Waals surface area contributed by atoms with Crippen LogP contribution in [0.15, 0.2) is 0 Å². The van der Waals surface area contributed by atoms with Crippen LogP contribution in [0.25, 0.3) is 0 Å². The Morgan fingerprint density at radius 3 is 2.58 bits per heavy atom. The molecule has 0 aromatic rings. The Labute approximate surface area is 73.6 Å². The number of ether oxygens (including phenoxy) is 1. The highest BCUT2D eigenvalue weighted by Gasteiger charge is 2.08. The van der Waals surface area contributed by atoms with E-state index in [1.807, 2.05) is 13.8 Å². The lowest BCUT2D eigenvalue weighted by Crippen LogP contribution is -2.38. The molecule has 4 nitrogen and oxygen atoms in total. The summed E-state index contributed by atoms with van der Waals surface area (Å²) < 4.78 is 4.81. The Morgan fingerprint density at radius 2 is 2.08 bits per heavy atom. The first-order valence-electron chi connectivity index (χ1n) is 4.41. The minimum atomic E-state index is -0.426. The third-order valence-electron chi connectivity index (χ3n) is 1.42. The molecule has 0 heterocycles. The topological polar surface area (TPSA) is 55.6 Å². The highest BCUT2D eigenvalue weighted by molar-refractivity contribution is 5.66. The summed E-state index contributed by atoms with van der Waals surface area (Å²) in [5.41, 5.74) is 0. The average Bonchev–Trinajstić information content (AvgIpc) is 2.10. The Bertz CT molecular complexity index is 128. The van der Waals surface area contributed by atoms with E-state index in [0.717, 1.165) is 24.3 Å². The monoisotopic (exact) mass is 174 g/mol. The third-order valence-corrected chi connectivity index (χ3v) is 1.42. The molecule has 0 spiro atoms. The summed E-state index contributed by atoms with van der Waals surface area (Å²) in [7, 11) is 0. The molecule has 0 unspecified atom stereocenters. The van der Waals surface area contributed by atoms with Crippen LogP contribution < -0.4 is 5.84 Å². The number of carbonyl (C=O) groups excluding carboxylic acids is 1. The van der Waals surface area contributed by atoms with E-state index in [1.165, 1.54) is 0 Å². The molecule has 1 amide bonds. The zero-order valence-corrected chi connectivity index (χ0v) is 7.88. The summed E-state index contributed by atoms with van der Waals surface area (Å²) in [4.78, 5) is 11.0. The van der Waals surface area contributed by atoms with Crippen LogP contribution in [0, 0.1) is 0 Å². The molecule has 0 bridgehead atoms. The summed E-state index contributed by atoms with van der Waals surface area (Å²) in [6, 6.07) is 0. The number of unbranched alkanes of at least 4 members (excludes halogenated alkanes) is 1. The predicted octanol–water partition coefficient (Wildman–Crippen LogP) is 1.51. The van der Waals surface area contributed by atoms with Gasteiger partial charge in [0.05, 0.1) is 6.61 Å². The van der Waals surface area contributed by atoms with Crippen molar-refractivity contribution in [3.8, 4) is 0 Å². The lowest BCUT2D eigenvalue weighted by Gasteiger charge is -2.15. The predicted molar refractivity (Wildman–Crippen MR) is 47.4 cm³/mol. The first kappa shape index (κ1) is 11.2. The Hall–Kier alpha value is -0.770. The van der Waals surface area contributed by atoms with Gasteiger partial charge < -0.3 is 4.74 Å². The number of nitrogens with two attached hydrogens (primary N) is 1. The van der Waals surface area contributed by atoms with Crippen molar-refractivity contribution in [3.05, 3.63) is 0 Å². The molecule has 0 aliphatic heterocycles. The summed E-state index contributed by atoms with van der Waals surface area (Å²) in [6.45, 7) is 5.00. The second-order valence-corrected chi connectivity index (χ2v) is 2.66. The van der Waals surface area contributed by atoms with E-state index in [9.17, 15) is 4.79 Å². The van der Waals surface area contributed by atoms with Gasteiger partial charge in [-0.15, -0.1) is 0 Å². The number of hydrogen-bond acceptors (Lipinski definition) is 3. The maximum absolute atomic E-state index is 11.0. The number of rotatable bonds is 5. The zero-order chi connectivity index (χ0) is 9.40. The Morgan fingerprint density at radius 1 is 1.42 bits per heavy atom. The Balaban J connectivity index is 3.47. The number of hydrazine groups is 1. The zero-order valence-electron chi connectivity index (χ0n) is 7.88. The molecule has 0 atom stereocenters. The number of carbonyl (C=O) groups is 1. The van der Waals surface area contributed by atoms with Crippen LogP contribution >= 0.6 is 0 Å². The highest BCUT2D eigenvalue weighted by Crippen LogP contribution is 1.93. The fourth-order valence-corrected chi connectivity index (χ4v) is 0.692. The third kappa shape index (κ3) is 4.96. The van der Waals surface area contributed by atoms with Crippen molar-refractivity contribution in [3.63, 3.8) is 0 Å².